The molecule has 0 aliphatic heterocycles. The number of aromatic nitrogens is 5. The molecule has 18 heavy (non-hydrogen) atoms. The summed E-state index contributed by atoms with van der Waals surface area (Å²) in [6.07, 6.45) is 0. The van der Waals surface area contributed by atoms with Gasteiger partial charge in [-0.25, -0.2) is 4.98 Å². The van der Waals surface area contributed by atoms with Crippen LogP contribution in [0.2, 0.25) is 5.02 Å². The third-order valence-electron chi connectivity index (χ3n) is 2.30. The van der Waals surface area contributed by atoms with E-state index >= 15 is 0 Å². The molecule has 0 spiro atoms. The van der Waals surface area contributed by atoms with Crippen LogP contribution in [0.1, 0.15) is 5.01 Å². The van der Waals surface area contributed by atoms with Gasteiger partial charge in [-0.05, 0) is 30.3 Å². The molecule has 5 nitrogen and oxygen atoms in total. The second kappa shape index (κ2) is 4.47. The summed E-state index contributed by atoms with van der Waals surface area (Å²) in [5.41, 5.74) is 1.51. The van der Waals surface area contributed by atoms with Gasteiger partial charge in [0.05, 0.1) is 10.7 Å². The largest absolute Gasteiger partial charge is 0.238 e. The number of rotatable bonds is 2. The molecule has 0 aliphatic carbocycles. The van der Waals surface area contributed by atoms with Crippen LogP contribution in [0.3, 0.4) is 0 Å². The van der Waals surface area contributed by atoms with Crippen LogP contribution >= 0.6 is 22.9 Å². The van der Waals surface area contributed by atoms with E-state index in [1.165, 1.54) is 4.80 Å². The average molecular weight is 278 g/mol. The highest BCUT2D eigenvalue weighted by molar-refractivity contribution is 7.09. The second-order valence-electron chi connectivity index (χ2n) is 3.63. The Balaban J connectivity index is 1.99. The molecule has 7 heteroatoms. The van der Waals surface area contributed by atoms with Crippen molar-refractivity contribution in [3.8, 4) is 17.2 Å². The van der Waals surface area contributed by atoms with Crippen LogP contribution in [0, 0.1) is 6.92 Å². The second-order valence-corrected chi connectivity index (χ2v) is 5.13. The smallest absolute Gasteiger partial charge is 0.224 e. The van der Waals surface area contributed by atoms with E-state index in [1.54, 1.807) is 23.5 Å². The Labute approximate surface area is 112 Å². The van der Waals surface area contributed by atoms with Crippen LogP contribution in [-0.4, -0.2) is 25.2 Å². The Morgan fingerprint density at radius 3 is 2.94 bits per heavy atom. The van der Waals surface area contributed by atoms with Crippen molar-refractivity contribution in [2.75, 3.05) is 0 Å². The Morgan fingerprint density at radius 1 is 1.33 bits per heavy atom. The van der Waals surface area contributed by atoms with Gasteiger partial charge < -0.3 is 0 Å². The van der Waals surface area contributed by atoms with Gasteiger partial charge in [0.1, 0.15) is 5.69 Å². The molecule has 0 fully saturated rings. The minimum atomic E-state index is 0.513. The molecule has 0 amide bonds. The Kier molecular flexibility index (Phi) is 2.81. The summed E-state index contributed by atoms with van der Waals surface area (Å²) in [5.74, 6) is 0.513. The van der Waals surface area contributed by atoms with Gasteiger partial charge in [-0.2, -0.15) is 0 Å². The Morgan fingerprint density at radius 2 is 2.22 bits per heavy atom. The lowest BCUT2D eigenvalue weighted by Crippen LogP contribution is -1.98. The van der Waals surface area contributed by atoms with Crippen LogP contribution in [0.5, 0.6) is 0 Å². The monoisotopic (exact) mass is 277 g/mol. The number of benzene rings is 1. The molecule has 2 aromatic heterocycles. The zero-order valence-corrected chi connectivity index (χ0v) is 11.0. The summed E-state index contributed by atoms with van der Waals surface area (Å²) in [6.45, 7) is 1.94. The summed E-state index contributed by atoms with van der Waals surface area (Å²) in [7, 11) is 0. The molecule has 0 atom stereocenters. The molecule has 0 saturated carbocycles. The zero-order valence-electron chi connectivity index (χ0n) is 9.41. The summed E-state index contributed by atoms with van der Waals surface area (Å²) in [4.78, 5) is 5.76. The van der Waals surface area contributed by atoms with Gasteiger partial charge in [0.15, 0.2) is 0 Å². The van der Waals surface area contributed by atoms with Gasteiger partial charge >= 0.3 is 0 Å². The summed E-state index contributed by atoms with van der Waals surface area (Å²) in [6, 6.07) is 7.28. The lowest BCUT2D eigenvalue weighted by molar-refractivity contribution is 0.720. The van der Waals surface area contributed by atoms with E-state index in [2.05, 4.69) is 20.4 Å². The highest BCUT2D eigenvalue weighted by Crippen LogP contribution is 2.18. The van der Waals surface area contributed by atoms with E-state index in [0.29, 0.717) is 10.8 Å². The molecule has 0 N–H and O–H groups in total. The maximum absolute atomic E-state index is 5.92. The fourth-order valence-corrected chi connectivity index (χ4v) is 2.27. The number of thiazole rings is 1. The first kappa shape index (κ1) is 11.3. The SMILES string of the molecule is Cc1nc(-c2nnn(-c3cccc(Cl)c3)n2)cs1. The standard InChI is InChI=1S/C11H8ClN5S/c1-7-13-10(6-18-7)11-14-16-17(15-11)9-4-2-3-8(12)5-9/h2-6H,1H3. The van der Waals surface area contributed by atoms with E-state index in [-0.39, 0.29) is 0 Å². The quantitative estimate of drug-likeness (QED) is 0.723. The molecular formula is C11H8ClN5S. The van der Waals surface area contributed by atoms with Gasteiger partial charge in [-0.1, -0.05) is 17.7 Å². The van der Waals surface area contributed by atoms with Crippen molar-refractivity contribution in [3.63, 3.8) is 0 Å². The topological polar surface area (TPSA) is 56.5 Å². The molecule has 0 aliphatic rings. The molecule has 3 rings (SSSR count). The van der Waals surface area contributed by atoms with Crippen LogP contribution in [-0.2, 0) is 0 Å². The number of tetrazole rings is 1. The number of hydrogen-bond donors (Lipinski definition) is 0. The van der Waals surface area contributed by atoms with Crippen molar-refractivity contribution >= 4 is 22.9 Å². The minimum absolute atomic E-state index is 0.513. The third-order valence-corrected chi connectivity index (χ3v) is 3.31. The fraction of sp³-hybridized carbons (Fsp3) is 0.0909. The summed E-state index contributed by atoms with van der Waals surface area (Å²) in [5, 5.41) is 15.8. The lowest BCUT2D eigenvalue weighted by Gasteiger charge is -1.97. The maximum Gasteiger partial charge on any atom is 0.224 e. The predicted octanol–water partition coefficient (Wildman–Crippen LogP) is 2.75. The molecule has 0 saturated heterocycles. The van der Waals surface area contributed by atoms with E-state index in [9.17, 15) is 0 Å². The first-order valence-corrected chi connectivity index (χ1v) is 6.46. The normalized spacial score (nSPS) is 10.8. The van der Waals surface area contributed by atoms with Crippen LogP contribution in [0.4, 0.5) is 0 Å². The van der Waals surface area contributed by atoms with Crippen molar-refractivity contribution in [3.05, 3.63) is 39.7 Å². The van der Waals surface area contributed by atoms with Crippen LogP contribution < -0.4 is 0 Å². The van der Waals surface area contributed by atoms with E-state index < -0.39 is 0 Å². The van der Waals surface area contributed by atoms with E-state index in [0.717, 1.165) is 16.4 Å². The van der Waals surface area contributed by atoms with Crippen LogP contribution in [0.15, 0.2) is 29.6 Å². The van der Waals surface area contributed by atoms with Gasteiger partial charge in [-0.3, -0.25) is 0 Å². The van der Waals surface area contributed by atoms with E-state index in [4.69, 9.17) is 11.6 Å². The molecule has 0 radical (unpaired) electrons. The van der Waals surface area contributed by atoms with Gasteiger partial charge in [0.25, 0.3) is 0 Å². The van der Waals surface area contributed by atoms with Crippen LogP contribution in [0.25, 0.3) is 17.2 Å². The molecule has 2 heterocycles. The number of hydrogen-bond acceptors (Lipinski definition) is 5. The Bertz CT molecular complexity index is 690. The van der Waals surface area contributed by atoms with Crippen molar-refractivity contribution in [2.24, 2.45) is 0 Å². The Hall–Kier alpha value is -1.79. The van der Waals surface area contributed by atoms with E-state index in [1.807, 2.05) is 24.4 Å². The highest BCUT2D eigenvalue weighted by Gasteiger charge is 2.10. The first-order chi connectivity index (χ1) is 8.72. The maximum atomic E-state index is 5.92. The summed E-state index contributed by atoms with van der Waals surface area (Å²) >= 11 is 7.48. The first-order valence-electron chi connectivity index (χ1n) is 5.21. The van der Waals surface area contributed by atoms with Crippen molar-refractivity contribution in [1.29, 1.82) is 0 Å². The number of aryl methyl sites for hydroxylation is 1. The molecule has 0 unspecified atom stereocenters. The highest BCUT2D eigenvalue weighted by atomic mass is 35.5. The van der Waals surface area contributed by atoms with Gasteiger partial charge in [-0.15, -0.1) is 26.3 Å². The lowest BCUT2D eigenvalue weighted by atomic mass is 10.3. The zero-order chi connectivity index (χ0) is 12.5. The molecule has 0 bridgehead atoms. The van der Waals surface area contributed by atoms with Crippen molar-refractivity contribution in [1.82, 2.24) is 25.2 Å². The molecule has 90 valence electrons. The van der Waals surface area contributed by atoms with Gasteiger partial charge in [0, 0.05) is 10.4 Å². The minimum Gasteiger partial charge on any atom is -0.238 e. The molecule has 3 aromatic rings. The predicted molar refractivity (Wildman–Crippen MR) is 70.0 cm³/mol. The van der Waals surface area contributed by atoms with Crippen molar-refractivity contribution < 1.29 is 0 Å². The average Bonchev–Trinajstić information content (AvgIpc) is 2.97. The van der Waals surface area contributed by atoms with Gasteiger partial charge in [0.2, 0.25) is 5.82 Å². The fourth-order valence-electron chi connectivity index (χ4n) is 1.49. The molecular weight excluding hydrogens is 270 g/mol. The third kappa shape index (κ3) is 2.12. The van der Waals surface area contributed by atoms with Crippen molar-refractivity contribution in [2.45, 2.75) is 6.92 Å². The molecule has 1 aromatic carbocycles. The number of nitrogens with zero attached hydrogens (tertiary/aromatic N) is 5. The number of halogens is 1. The summed E-state index contributed by atoms with van der Waals surface area (Å²) < 4.78 is 0.